The first kappa shape index (κ1) is 18.2. The normalized spacial score (nSPS) is 9.92. The molecular formula is C21H20O4. The van der Waals surface area contributed by atoms with Gasteiger partial charge in [0.05, 0.1) is 0 Å². The molecule has 2 rings (SSSR count). The van der Waals surface area contributed by atoms with Gasteiger partial charge in [-0.3, -0.25) is 0 Å². The van der Waals surface area contributed by atoms with E-state index in [0.29, 0.717) is 0 Å². The van der Waals surface area contributed by atoms with Crippen molar-refractivity contribution in [1.82, 2.24) is 0 Å². The summed E-state index contributed by atoms with van der Waals surface area (Å²) < 4.78 is 10.1. The smallest absolute Gasteiger partial charge is 0.330 e. The molecule has 0 aliphatic carbocycles. The van der Waals surface area contributed by atoms with Gasteiger partial charge in [0.25, 0.3) is 0 Å². The Bertz CT molecular complexity index is 711. The van der Waals surface area contributed by atoms with Crippen molar-refractivity contribution in [3.63, 3.8) is 0 Å². The molecule has 0 aromatic heterocycles. The molecule has 2 aromatic rings. The third kappa shape index (κ3) is 6.11. The summed E-state index contributed by atoms with van der Waals surface area (Å²) in [5.41, 5.74) is 4.05. The van der Waals surface area contributed by atoms with Crippen LogP contribution >= 0.6 is 0 Å². The molecule has 0 aliphatic rings. The molecule has 0 fully saturated rings. The second kappa shape index (κ2) is 9.23. The monoisotopic (exact) mass is 336 g/mol. The summed E-state index contributed by atoms with van der Waals surface area (Å²) in [4.78, 5) is 22.3. The van der Waals surface area contributed by atoms with Crippen LogP contribution in [-0.4, -0.2) is 11.9 Å². The van der Waals surface area contributed by atoms with Crippen molar-refractivity contribution in [2.75, 3.05) is 0 Å². The summed E-state index contributed by atoms with van der Waals surface area (Å²) in [5, 5.41) is 0. The molecule has 4 heteroatoms. The van der Waals surface area contributed by atoms with E-state index >= 15 is 0 Å². The number of rotatable bonds is 8. The van der Waals surface area contributed by atoms with Gasteiger partial charge in [0.15, 0.2) is 0 Å². The zero-order valence-corrected chi connectivity index (χ0v) is 13.9. The zero-order chi connectivity index (χ0) is 18.1. The van der Waals surface area contributed by atoms with Gasteiger partial charge in [-0.1, -0.05) is 61.7 Å². The number of hydrogen-bond donors (Lipinski definition) is 0. The molecule has 0 radical (unpaired) electrons. The second-order valence-corrected chi connectivity index (χ2v) is 5.44. The van der Waals surface area contributed by atoms with Gasteiger partial charge < -0.3 is 9.47 Å². The average Bonchev–Trinajstić information content (AvgIpc) is 2.64. The minimum absolute atomic E-state index is 0.218. The van der Waals surface area contributed by atoms with Crippen molar-refractivity contribution in [1.29, 1.82) is 0 Å². The number of benzene rings is 2. The van der Waals surface area contributed by atoms with Crippen LogP contribution in [0.2, 0.25) is 0 Å². The van der Waals surface area contributed by atoms with Crippen LogP contribution in [0, 0.1) is 0 Å². The number of esters is 2. The summed E-state index contributed by atoms with van der Waals surface area (Å²) in [6.07, 6.45) is 3.02. The van der Waals surface area contributed by atoms with Crippen LogP contribution in [0.4, 0.5) is 0 Å². The Labute approximate surface area is 147 Å². The van der Waals surface area contributed by atoms with Crippen molar-refractivity contribution in [2.24, 2.45) is 0 Å². The molecule has 0 bridgehead atoms. The van der Waals surface area contributed by atoms with Gasteiger partial charge in [0, 0.05) is 12.2 Å². The molecule has 0 amide bonds. The van der Waals surface area contributed by atoms with Crippen molar-refractivity contribution in [3.8, 4) is 0 Å². The van der Waals surface area contributed by atoms with Crippen LogP contribution in [0.25, 0.3) is 0 Å². The Morgan fingerprint density at radius 2 is 1.16 bits per heavy atom. The van der Waals surface area contributed by atoms with E-state index in [1.165, 1.54) is 0 Å². The first-order chi connectivity index (χ1) is 12.1. The Hall–Kier alpha value is -3.14. The van der Waals surface area contributed by atoms with Crippen molar-refractivity contribution >= 4 is 11.9 Å². The van der Waals surface area contributed by atoms with Crippen molar-refractivity contribution in [3.05, 3.63) is 96.1 Å². The van der Waals surface area contributed by atoms with Crippen LogP contribution in [0.15, 0.2) is 73.8 Å². The molecule has 25 heavy (non-hydrogen) atoms. The summed E-state index contributed by atoms with van der Waals surface area (Å²) in [6, 6.07) is 15.7. The first-order valence-electron chi connectivity index (χ1n) is 7.84. The van der Waals surface area contributed by atoms with E-state index in [1.54, 1.807) is 0 Å². The largest absolute Gasteiger partial charge is 0.458 e. The third-order valence-electron chi connectivity index (χ3n) is 3.49. The fourth-order valence-corrected chi connectivity index (χ4v) is 2.32. The fraction of sp³-hybridized carbons (Fsp3) is 0.143. The minimum atomic E-state index is -0.438. The molecule has 0 saturated carbocycles. The number of ether oxygens (including phenoxy) is 2. The molecule has 0 heterocycles. The Morgan fingerprint density at radius 1 is 0.760 bits per heavy atom. The van der Waals surface area contributed by atoms with Gasteiger partial charge in [-0.2, -0.15) is 0 Å². The summed E-state index contributed by atoms with van der Waals surface area (Å²) in [6.45, 7) is 7.19. The topological polar surface area (TPSA) is 52.6 Å². The van der Waals surface area contributed by atoms with Gasteiger partial charge in [-0.15, -0.1) is 0 Å². The molecule has 128 valence electrons. The van der Waals surface area contributed by atoms with Crippen LogP contribution in [-0.2, 0) is 38.7 Å². The molecule has 0 N–H and O–H groups in total. The Morgan fingerprint density at radius 3 is 1.56 bits per heavy atom. The summed E-state index contributed by atoms with van der Waals surface area (Å²) >= 11 is 0. The highest BCUT2D eigenvalue weighted by molar-refractivity contribution is 5.81. The van der Waals surface area contributed by atoms with E-state index in [2.05, 4.69) is 13.2 Å². The molecule has 0 spiro atoms. The maximum atomic E-state index is 11.1. The second-order valence-electron chi connectivity index (χ2n) is 5.44. The number of hydrogen-bond acceptors (Lipinski definition) is 4. The highest BCUT2D eigenvalue weighted by Crippen LogP contribution is 2.14. The lowest BCUT2D eigenvalue weighted by atomic mass is 10.0. The lowest BCUT2D eigenvalue weighted by Crippen LogP contribution is -2.01. The summed E-state index contributed by atoms with van der Waals surface area (Å²) in [5.74, 6) is -0.876. The molecule has 0 atom stereocenters. The number of carbonyl (C=O) groups excluding carboxylic acids is 2. The Balaban J connectivity index is 2.01. The summed E-state index contributed by atoms with van der Waals surface area (Å²) in [7, 11) is 0. The minimum Gasteiger partial charge on any atom is -0.458 e. The van der Waals surface area contributed by atoms with E-state index in [9.17, 15) is 9.59 Å². The van der Waals surface area contributed by atoms with E-state index in [0.717, 1.165) is 40.8 Å². The molecule has 4 nitrogen and oxygen atoms in total. The van der Waals surface area contributed by atoms with E-state index < -0.39 is 11.9 Å². The average molecular weight is 336 g/mol. The first-order valence-corrected chi connectivity index (χ1v) is 7.84. The SMILES string of the molecule is C=CC(=O)OCc1cccc(Cc2cccc(COC(=O)C=C)c2)c1. The van der Waals surface area contributed by atoms with E-state index in [4.69, 9.17) is 9.47 Å². The lowest BCUT2D eigenvalue weighted by Gasteiger charge is -2.08. The highest BCUT2D eigenvalue weighted by Gasteiger charge is 2.03. The van der Waals surface area contributed by atoms with Gasteiger partial charge in [0.1, 0.15) is 13.2 Å². The predicted octanol–water partition coefficient (Wildman–Crippen LogP) is 3.74. The maximum absolute atomic E-state index is 11.1. The predicted molar refractivity (Wildman–Crippen MR) is 95.7 cm³/mol. The van der Waals surface area contributed by atoms with Gasteiger partial charge in [-0.05, 0) is 28.7 Å². The van der Waals surface area contributed by atoms with Crippen LogP contribution in [0.3, 0.4) is 0 Å². The van der Waals surface area contributed by atoms with E-state index in [-0.39, 0.29) is 13.2 Å². The fourth-order valence-electron chi connectivity index (χ4n) is 2.32. The lowest BCUT2D eigenvalue weighted by molar-refractivity contribution is -0.139. The van der Waals surface area contributed by atoms with Crippen LogP contribution in [0.5, 0.6) is 0 Å². The molecule has 0 saturated heterocycles. The highest BCUT2D eigenvalue weighted by atomic mass is 16.5. The third-order valence-corrected chi connectivity index (χ3v) is 3.49. The number of carbonyl (C=O) groups is 2. The zero-order valence-electron chi connectivity index (χ0n) is 13.9. The van der Waals surface area contributed by atoms with E-state index in [1.807, 2.05) is 48.5 Å². The van der Waals surface area contributed by atoms with Gasteiger partial charge in [-0.25, -0.2) is 9.59 Å². The molecular weight excluding hydrogens is 316 g/mol. The quantitative estimate of drug-likeness (QED) is 0.544. The van der Waals surface area contributed by atoms with Gasteiger partial charge in [0.2, 0.25) is 0 Å². The standard InChI is InChI=1S/C21H20O4/c1-3-20(22)24-14-18-9-5-7-16(12-18)11-17-8-6-10-19(13-17)15-25-21(23)4-2/h3-10,12-13H,1-2,11,14-15H2. The Kier molecular flexibility index (Phi) is 6.72. The van der Waals surface area contributed by atoms with Crippen LogP contribution in [0.1, 0.15) is 22.3 Å². The van der Waals surface area contributed by atoms with Crippen molar-refractivity contribution < 1.29 is 19.1 Å². The maximum Gasteiger partial charge on any atom is 0.330 e. The molecule has 2 aromatic carbocycles. The molecule has 0 aliphatic heterocycles. The molecule has 0 unspecified atom stereocenters. The van der Waals surface area contributed by atoms with Gasteiger partial charge >= 0.3 is 11.9 Å². The van der Waals surface area contributed by atoms with Crippen LogP contribution < -0.4 is 0 Å². The van der Waals surface area contributed by atoms with Crippen molar-refractivity contribution in [2.45, 2.75) is 19.6 Å².